The lowest BCUT2D eigenvalue weighted by Gasteiger charge is -2.48. The Morgan fingerprint density at radius 3 is 2.42 bits per heavy atom. The Hall–Kier alpha value is -2.54. The molecule has 0 radical (unpaired) electrons. The highest BCUT2D eigenvalue weighted by Gasteiger charge is 2.72. The van der Waals surface area contributed by atoms with Crippen LogP contribution in [0.1, 0.15) is 73.1 Å². The molecule has 3 aliphatic rings. The predicted molar refractivity (Wildman–Crippen MR) is 158 cm³/mol. The molecule has 2 bridgehead atoms. The molecule has 3 rings (SSSR count). The van der Waals surface area contributed by atoms with Gasteiger partial charge >= 0.3 is 5.97 Å². The molecule has 0 aromatic rings. The number of ether oxygens (including phenoxy) is 1. The molecule has 0 heterocycles. The fourth-order valence-electron chi connectivity index (χ4n) is 7.29. The Morgan fingerprint density at radius 2 is 1.77 bits per heavy atom. The average molecular weight is 553 g/mol. The number of hydrogen-bond acceptors (Lipinski definition) is 6. The summed E-state index contributed by atoms with van der Waals surface area (Å²) in [5.74, 6) is -1.53. The van der Waals surface area contributed by atoms with E-state index in [0.717, 1.165) is 12.8 Å². The summed E-state index contributed by atoms with van der Waals surface area (Å²) in [6.07, 6.45) is 20.9. The van der Waals surface area contributed by atoms with Crippen molar-refractivity contribution in [3.63, 3.8) is 0 Å². The van der Waals surface area contributed by atoms with E-state index < -0.39 is 41.7 Å². The van der Waals surface area contributed by atoms with Crippen LogP contribution in [-0.4, -0.2) is 51.5 Å². The highest BCUT2D eigenvalue weighted by molar-refractivity contribution is 5.95. The lowest BCUT2D eigenvalue weighted by molar-refractivity contribution is -0.200. The van der Waals surface area contributed by atoms with E-state index in [9.17, 15) is 24.9 Å². The number of allylic oxidation sites excluding steroid dienone is 8. The quantitative estimate of drug-likeness (QED) is 0.102. The van der Waals surface area contributed by atoms with Gasteiger partial charge in [0.05, 0.1) is 12.0 Å². The first-order valence-electron chi connectivity index (χ1n) is 14.9. The molecule has 220 valence electrons. The van der Waals surface area contributed by atoms with Crippen LogP contribution in [0.25, 0.3) is 0 Å². The first kappa shape index (κ1) is 32.0. The average Bonchev–Trinajstić information content (AvgIpc) is 3.08. The smallest absolute Gasteiger partial charge is 0.331 e. The largest absolute Gasteiger partial charge is 0.451 e. The summed E-state index contributed by atoms with van der Waals surface area (Å²) < 4.78 is 5.78. The predicted octanol–water partition coefficient (Wildman–Crippen LogP) is 5.56. The number of carbonyl (C=O) groups excluding carboxylic acids is 2. The van der Waals surface area contributed by atoms with Crippen LogP contribution >= 0.6 is 0 Å². The van der Waals surface area contributed by atoms with Crippen molar-refractivity contribution in [1.82, 2.24) is 0 Å². The van der Waals surface area contributed by atoms with Crippen LogP contribution in [0.15, 0.2) is 71.9 Å². The van der Waals surface area contributed by atoms with Crippen LogP contribution in [0.4, 0.5) is 0 Å². The van der Waals surface area contributed by atoms with Crippen molar-refractivity contribution in [1.29, 1.82) is 0 Å². The number of aliphatic hydroxyl groups is 3. The molecule has 8 atom stereocenters. The van der Waals surface area contributed by atoms with Gasteiger partial charge in [-0.2, -0.15) is 0 Å². The summed E-state index contributed by atoms with van der Waals surface area (Å²) in [7, 11) is 0. The number of unbranched alkanes of at least 4 members (excludes halogenated alkanes) is 3. The second-order valence-corrected chi connectivity index (χ2v) is 11.8. The van der Waals surface area contributed by atoms with Gasteiger partial charge in [0.25, 0.3) is 0 Å². The molecule has 3 aliphatic carbocycles. The number of aliphatic hydroxyl groups excluding tert-OH is 2. The number of carbonyl (C=O) groups is 2. The summed E-state index contributed by atoms with van der Waals surface area (Å²) in [6.45, 7) is 9.49. The second-order valence-electron chi connectivity index (χ2n) is 11.8. The van der Waals surface area contributed by atoms with Crippen molar-refractivity contribution >= 4 is 11.8 Å². The normalized spacial score (nSPS) is 36.2. The second kappa shape index (κ2) is 13.9. The maximum absolute atomic E-state index is 14.3. The molecule has 40 heavy (non-hydrogen) atoms. The van der Waals surface area contributed by atoms with Gasteiger partial charge in [-0.15, -0.1) is 0 Å². The molecule has 0 aliphatic heterocycles. The van der Waals surface area contributed by atoms with Gasteiger partial charge in [-0.05, 0) is 55.1 Å². The van der Waals surface area contributed by atoms with Crippen LogP contribution in [0, 0.1) is 29.1 Å². The maximum atomic E-state index is 14.3. The van der Waals surface area contributed by atoms with Gasteiger partial charge in [0.15, 0.2) is 17.5 Å². The maximum Gasteiger partial charge on any atom is 0.331 e. The molecule has 1 fully saturated rings. The minimum Gasteiger partial charge on any atom is -0.451 e. The highest BCUT2D eigenvalue weighted by atomic mass is 16.6. The summed E-state index contributed by atoms with van der Waals surface area (Å²) in [4.78, 5) is 27.2. The minimum absolute atomic E-state index is 0.0149. The van der Waals surface area contributed by atoms with E-state index in [1.54, 1.807) is 37.3 Å². The molecule has 0 amide bonds. The fourth-order valence-corrected chi connectivity index (χ4v) is 7.29. The number of ketones is 1. The zero-order valence-electron chi connectivity index (χ0n) is 24.8. The third kappa shape index (κ3) is 5.90. The van der Waals surface area contributed by atoms with E-state index in [2.05, 4.69) is 19.9 Å². The van der Waals surface area contributed by atoms with Crippen LogP contribution in [0.2, 0.25) is 0 Å². The zero-order valence-corrected chi connectivity index (χ0v) is 24.8. The Bertz CT molecular complexity index is 1090. The lowest BCUT2D eigenvalue weighted by Crippen LogP contribution is -2.65. The monoisotopic (exact) mass is 552 g/mol. The number of esters is 1. The topological polar surface area (TPSA) is 104 Å². The van der Waals surface area contributed by atoms with E-state index in [-0.39, 0.29) is 29.1 Å². The van der Waals surface area contributed by atoms with Crippen LogP contribution in [0.3, 0.4) is 0 Å². The van der Waals surface area contributed by atoms with E-state index in [0.29, 0.717) is 12.0 Å². The van der Waals surface area contributed by atoms with Crippen molar-refractivity contribution in [2.75, 3.05) is 6.61 Å². The first-order valence-corrected chi connectivity index (χ1v) is 14.9. The molecule has 0 saturated heterocycles. The molecule has 6 heteroatoms. The molecule has 1 saturated carbocycles. The van der Waals surface area contributed by atoms with Crippen molar-refractivity contribution < 1.29 is 29.6 Å². The third-order valence-corrected chi connectivity index (χ3v) is 9.28. The Morgan fingerprint density at radius 1 is 1.10 bits per heavy atom. The van der Waals surface area contributed by atoms with Crippen LogP contribution in [0.5, 0.6) is 0 Å². The molecular formula is C34H48O6. The third-order valence-electron chi connectivity index (χ3n) is 9.28. The minimum atomic E-state index is -2.13. The van der Waals surface area contributed by atoms with E-state index in [4.69, 9.17) is 4.74 Å². The zero-order chi connectivity index (χ0) is 29.5. The molecule has 1 spiro atoms. The number of rotatable bonds is 11. The summed E-state index contributed by atoms with van der Waals surface area (Å²) >= 11 is 0. The van der Waals surface area contributed by atoms with Gasteiger partial charge in [-0.1, -0.05) is 102 Å². The molecule has 6 nitrogen and oxygen atoms in total. The molecule has 0 aromatic carbocycles. The van der Waals surface area contributed by atoms with Gasteiger partial charge in [0.1, 0.15) is 6.10 Å². The van der Waals surface area contributed by atoms with Gasteiger partial charge in [0, 0.05) is 12.0 Å². The standard InChI is InChI=1S/C34H48O6/c1-6-8-9-10-11-12-13-14-15-16-17-18-29(36)40-32-24(4)21-33-25(5)19-23(3)27(7-2)28(31(33)38)20-26(22-35)30(37)34(32,33)39/h11-18,20-21,23,25,27-28,30,32,35,37,39H,6-10,19,22H2,1-5H3/b12-11+,14-13+,16-15+,18-17+/t23-,25-,27-,28+,30-,32+,33+,34+/m1/s1. The lowest BCUT2D eigenvalue weighted by atomic mass is 9.59. The van der Waals surface area contributed by atoms with E-state index >= 15 is 0 Å². The number of fused-ring (bicyclic) bond motifs is 1. The summed E-state index contributed by atoms with van der Waals surface area (Å²) in [5.41, 5.74) is -2.87. The van der Waals surface area contributed by atoms with Gasteiger partial charge < -0.3 is 20.1 Å². The molecule has 0 unspecified atom stereocenters. The van der Waals surface area contributed by atoms with Crippen molar-refractivity contribution in [2.24, 2.45) is 29.1 Å². The van der Waals surface area contributed by atoms with Crippen LogP contribution < -0.4 is 0 Å². The number of Topliss-reactive ketones (excluding diaryl/α,β-unsaturated/α-hetero) is 1. The van der Waals surface area contributed by atoms with Gasteiger partial charge in [-0.3, -0.25) is 4.79 Å². The number of hydrogen-bond donors (Lipinski definition) is 3. The fraction of sp³-hybridized carbons (Fsp3) is 0.588. The van der Waals surface area contributed by atoms with Gasteiger partial charge in [0.2, 0.25) is 0 Å². The Labute approximate surface area is 239 Å². The molecular weight excluding hydrogens is 504 g/mol. The SMILES string of the molecule is CCCCC/C=C/C=C/C=C/C=C/C(=O)O[C@H]1C(C)=C[C@]23C(=O)[C@@H](C=C(CO)[C@@H](O)[C@]12O)[C@H](CC)[C@H](C)C[C@H]3C. The first-order chi connectivity index (χ1) is 19.1. The Balaban J connectivity index is 1.83. The van der Waals surface area contributed by atoms with E-state index in [1.807, 2.05) is 32.1 Å². The Kier molecular flexibility index (Phi) is 11.1. The van der Waals surface area contributed by atoms with Gasteiger partial charge in [-0.25, -0.2) is 4.79 Å². The van der Waals surface area contributed by atoms with Crippen molar-refractivity contribution in [3.05, 3.63) is 71.9 Å². The molecule has 0 aromatic heterocycles. The van der Waals surface area contributed by atoms with E-state index in [1.165, 1.54) is 25.3 Å². The summed E-state index contributed by atoms with van der Waals surface area (Å²) in [5, 5.41) is 34.1. The highest BCUT2D eigenvalue weighted by Crippen LogP contribution is 2.60. The van der Waals surface area contributed by atoms with Crippen LogP contribution in [-0.2, 0) is 14.3 Å². The molecule has 3 N–H and O–H groups in total. The van der Waals surface area contributed by atoms with Crippen molar-refractivity contribution in [2.45, 2.75) is 91.0 Å². The van der Waals surface area contributed by atoms with Crippen molar-refractivity contribution in [3.8, 4) is 0 Å². The summed E-state index contributed by atoms with van der Waals surface area (Å²) in [6, 6.07) is 0.